The molecule has 2 rings (SSSR count). The number of halogens is 2. The largest absolute Gasteiger partial charge is 0.492 e. The molecule has 0 aromatic heterocycles. The molecule has 0 spiro atoms. The lowest BCUT2D eigenvalue weighted by Crippen LogP contribution is -2.41. The van der Waals surface area contributed by atoms with Crippen LogP contribution in [-0.2, 0) is 9.31 Å². The molecule has 1 saturated heterocycles. The van der Waals surface area contributed by atoms with E-state index in [9.17, 15) is 9.50 Å². The molecular weight excluding hydrogens is 307 g/mol. The van der Waals surface area contributed by atoms with Crippen molar-refractivity contribution in [2.45, 2.75) is 38.9 Å². The van der Waals surface area contributed by atoms with Crippen LogP contribution in [0.4, 0.5) is 10.1 Å². The summed E-state index contributed by atoms with van der Waals surface area (Å²) in [4.78, 5) is 0. The van der Waals surface area contributed by atoms with Gasteiger partial charge in [0, 0.05) is 5.56 Å². The highest BCUT2D eigenvalue weighted by molar-refractivity contribution is 6.55. The van der Waals surface area contributed by atoms with Crippen molar-refractivity contribution in [2.24, 2.45) is 0 Å². The fourth-order valence-electron chi connectivity index (χ4n) is 2.11. The van der Waals surface area contributed by atoms with E-state index in [1.54, 1.807) is 6.08 Å². The molecule has 7 heteroatoms. The number of nitrogen functional groups attached to an aromatic ring is 1. The topological polar surface area (TPSA) is 64.7 Å². The van der Waals surface area contributed by atoms with Crippen LogP contribution in [0.1, 0.15) is 33.3 Å². The molecule has 0 aliphatic carbocycles. The third-order valence-corrected chi connectivity index (χ3v) is 4.52. The fourth-order valence-corrected chi connectivity index (χ4v) is 2.32. The van der Waals surface area contributed by atoms with Gasteiger partial charge in [0.25, 0.3) is 0 Å². The van der Waals surface area contributed by atoms with Crippen LogP contribution >= 0.6 is 11.6 Å². The lowest BCUT2D eigenvalue weighted by molar-refractivity contribution is 0.00578. The Morgan fingerprint density at radius 2 is 1.86 bits per heavy atom. The smallest absolute Gasteiger partial charge is 0.400 e. The minimum absolute atomic E-state index is 0.123. The summed E-state index contributed by atoms with van der Waals surface area (Å²) in [5.74, 6) is -0.503. The molecule has 3 N–H and O–H groups in total. The molecule has 22 heavy (non-hydrogen) atoms. The molecule has 0 unspecified atom stereocenters. The highest BCUT2D eigenvalue weighted by atomic mass is 35.5. The molecule has 4 nitrogen and oxygen atoms in total. The maximum absolute atomic E-state index is 13.5. The summed E-state index contributed by atoms with van der Waals surface area (Å²) in [5.41, 5.74) is 5.86. The predicted molar refractivity (Wildman–Crippen MR) is 87.0 cm³/mol. The molecule has 1 aliphatic heterocycles. The second kappa shape index (κ2) is 5.85. The zero-order valence-corrected chi connectivity index (χ0v) is 13.9. The van der Waals surface area contributed by atoms with Gasteiger partial charge in [-0.15, -0.1) is 0 Å². The fraction of sp³-hybridized carbons (Fsp3) is 0.467. The first-order valence-corrected chi connectivity index (χ1v) is 7.36. The van der Waals surface area contributed by atoms with Gasteiger partial charge in [0.2, 0.25) is 0 Å². The first-order chi connectivity index (χ1) is 10.1. The molecular formula is C15H20BClFNO3. The van der Waals surface area contributed by atoms with Gasteiger partial charge in [-0.2, -0.15) is 0 Å². The van der Waals surface area contributed by atoms with E-state index in [4.69, 9.17) is 26.6 Å². The summed E-state index contributed by atoms with van der Waals surface area (Å²) < 4.78 is 25.2. The highest BCUT2D eigenvalue weighted by Gasteiger charge is 2.52. The number of rotatable bonds is 3. The molecule has 120 valence electrons. The Hall–Kier alpha value is -1.08. The zero-order valence-electron chi connectivity index (χ0n) is 13.1. The molecule has 0 radical (unpaired) electrons. The van der Waals surface area contributed by atoms with Crippen LogP contribution in [0.3, 0.4) is 0 Å². The molecule has 0 bridgehead atoms. The number of hydrogen-bond donors (Lipinski definition) is 2. The molecule has 0 saturated carbocycles. The van der Waals surface area contributed by atoms with Crippen LogP contribution in [-0.4, -0.2) is 30.0 Å². The van der Waals surface area contributed by atoms with E-state index in [0.717, 1.165) is 6.07 Å². The van der Waals surface area contributed by atoms with Gasteiger partial charge in [-0.3, -0.25) is 0 Å². The van der Waals surface area contributed by atoms with Gasteiger partial charge in [-0.05, 0) is 45.3 Å². The molecule has 1 aliphatic rings. The average molecular weight is 328 g/mol. The van der Waals surface area contributed by atoms with Crippen molar-refractivity contribution in [3.05, 3.63) is 34.0 Å². The standard InChI is InChI=1S/C15H20BClFNO3/c1-14(2)15(3,4)22-16(21-14)10(8-20)5-9-6-11(18)7-12(17)13(9)19/h5-7,20H,8,19H2,1-4H3. The Balaban J connectivity index is 2.38. The predicted octanol–water partition coefficient (Wildman–Crippen LogP) is 3.07. The van der Waals surface area contributed by atoms with E-state index >= 15 is 0 Å². The lowest BCUT2D eigenvalue weighted by Gasteiger charge is -2.32. The van der Waals surface area contributed by atoms with Gasteiger partial charge in [-0.25, -0.2) is 4.39 Å². The maximum atomic E-state index is 13.5. The van der Waals surface area contributed by atoms with E-state index in [1.165, 1.54) is 6.07 Å². The first-order valence-electron chi connectivity index (χ1n) is 6.99. The zero-order chi connectivity index (χ0) is 16.7. The third-order valence-electron chi connectivity index (χ3n) is 4.21. The van der Waals surface area contributed by atoms with Crippen molar-refractivity contribution in [3.63, 3.8) is 0 Å². The Bertz CT molecular complexity index is 603. The van der Waals surface area contributed by atoms with E-state index in [1.807, 2.05) is 27.7 Å². The van der Waals surface area contributed by atoms with Crippen LogP contribution in [0.25, 0.3) is 6.08 Å². The number of benzene rings is 1. The Morgan fingerprint density at radius 3 is 2.36 bits per heavy atom. The van der Waals surface area contributed by atoms with Crippen LogP contribution in [0.5, 0.6) is 0 Å². The number of anilines is 1. The van der Waals surface area contributed by atoms with Crippen molar-refractivity contribution in [3.8, 4) is 0 Å². The van der Waals surface area contributed by atoms with Crippen LogP contribution in [0, 0.1) is 5.82 Å². The van der Waals surface area contributed by atoms with Crippen LogP contribution in [0.15, 0.2) is 17.6 Å². The SMILES string of the molecule is CC1(C)OB(C(=Cc2cc(F)cc(Cl)c2N)CO)OC1(C)C. The Labute approximate surface area is 135 Å². The summed E-state index contributed by atoms with van der Waals surface area (Å²) in [6.45, 7) is 7.35. The summed E-state index contributed by atoms with van der Waals surface area (Å²) in [6.07, 6.45) is 1.55. The summed E-state index contributed by atoms with van der Waals surface area (Å²) in [5, 5.41) is 9.74. The number of aliphatic hydroxyl groups is 1. The normalized spacial score (nSPS) is 20.5. The number of aliphatic hydroxyl groups excluding tert-OH is 1. The van der Waals surface area contributed by atoms with Crippen LogP contribution in [0.2, 0.25) is 5.02 Å². The molecule has 1 fully saturated rings. The second-order valence-electron chi connectivity index (χ2n) is 6.36. The third kappa shape index (κ3) is 3.15. The van der Waals surface area contributed by atoms with Crippen molar-refractivity contribution < 1.29 is 18.8 Å². The number of hydrogen-bond acceptors (Lipinski definition) is 4. The van der Waals surface area contributed by atoms with Gasteiger partial charge in [0.1, 0.15) is 5.82 Å². The van der Waals surface area contributed by atoms with E-state index < -0.39 is 24.1 Å². The van der Waals surface area contributed by atoms with Gasteiger partial charge in [0.15, 0.2) is 0 Å². The van der Waals surface area contributed by atoms with Crippen molar-refractivity contribution >= 4 is 30.5 Å². The van der Waals surface area contributed by atoms with Crippen molar-refractivity contribution in [1.82, 2.24) is 0 Å². The monoisotopic (exact) mass is 327 g/mol. The first kappa shape index (κ1) is 17.3. The molecule has 1 aromatic rings. The summed E-state index contributed by atoms with van der Waals surface area (Å²) in [6, 6.07) is 2.39. The number of nitrogens with two attached hydrogens (primary N) is 1. The summed E-state index contributed by atoms with van der Waals surface area (Å²) >= 11 is 5.88. The molecule has 1 aromatic carbocycles. The maximum Gasteiger partial charge on any atom is 0.492 e. The van der Waals surface area contributed by atoms with Crippen LogP contribution < -0.4 is 5.73 Å². The lowest BCUT2D eigenvalue weighted by atomic mass is 9.77. The van der Waals surface area contributed by atoms with Gasteiger partial charge >= 0.3 is 7.12 Å². The minimum atomic E-state index is -0.726. The minimum Gasteiger partial charge on any atom is -0.400 e. The van der Waals surface area contributed by atoms with E-state index in [-0.39, 0.29) is 17.3 Å². The second-order valence-corrected chi connectivity index (χ2v) is 6.76. The molecule has 1 heterocycles. The van der Waals surface area contributed by atoms with Crippen molar-refractivity contribution in [1.29, 1.82) is 0 Å². The average Bonchev–Trinajstić information content (AvgIpc) is 2.60. The van der Waals surface area contributed by atoms with E-state index in [0.29, 0.717) is 11.0 Å². The van der Waals surface area contributed by atoms with Gasteiger partial charge < -0.3 is 20.1 Å². The molecule has 0 atom stereocenters. The summed E-state index contributed by atoms with van der Waals surface area (Å²) in [7, 11) is -0.726. The van der Waals surface area contributed by atoms with Crippen molar-refractivity contribution in [2.75, 3.05) is 12.3 Å². The van der Waals surface area contributed by atoms with Gasteiger partial charge in [0.05, 0.1) is 28.5 Å². The Kier molecular flexibility index (Phi) is 4.60. The Morgan fingerprint density at radius 1 is 1.32 bits per heavy atom. The highest BCUT2D eigenvalue weighted by Crippen LogP contribution is 2.39. The van der Waals surface area contributed by atoms with Gasteiger partial charge in [-0.1, -0.05) is 17.7 Å². The quantitative estimate of drug-likeness (QED) is 0.661. The van der Waals surface area contributed by atoms with E-state index in [2.05, 4.69) is 0 Å². The molecule has 0 amide bonds.